The van der Waals surface area contributed by atoms with Gasteiger partial charge in [-0.15, -0.1) is 0 Å². The molecule has 1 unspecified atom stereocenters. The van der Waals surface area contributed by atoms with Crippen LogP contribution in [0.25, 0.3) is 0 Å². The van der Waals surface area contributed by atoms with Crippen molar-refractivity contribution in [1.82, 2.24) is 0 Å². The first kappa shape index (κ1) is 12.9. The van der Waals surface area contributed by atoms with Crippen LogP contribution in [-0.2, 0) is 9.53 Å². The number of hydrogen-bond acceptors (Lipinski definition) is 4. The van der Waals surface area contributed by atoms with Crippen LogP contribution in [0.4, 0.5) is 0 Å². The van der Waals surface area contributed by atoms with Gasteiger partial charge in [0.25, 0.3) is 0 Å². The molecule has 14 heavy (non-hydrogen) atoms. The minimum absolute atomic E-state index is 0.295. The van der Waals surface area contributed by atoms with E-state index < -0.39 is 0 Å². The fourth-order valence-corrected chi connectivity index (χ4v) is 1.33. The zero-order valence-electron chi connectivity index (χ0n) is 9.12. The number of oxime groups is 1. The molecule has 82 valence electrons. The van der Waals surface area contributed by atoms with Gasteiger partial charge in [-0.25, -0.2) is 0 Å². The summed E-state index contributed by atoms with van der Waals surface area (Å²) in [7, 11) is 0. The van der Waals surface area contributed by atoms with Crippen LogP contribution in [0.3, 0.4) is 0 Å². The van der Waals surface area contributed by atoms with E-state index in [1.165, 1.54) is 0 Å². The van der Waals surface area contributed by atoms with Crippen molar-refractivity contribution in [3.05, 3.63) is 0 Å². The molecule has 4 heteroatoms. The van der Waals surface area contributed by atoms with Gasteiger partial charge >= 0.3 is 5.97 Å². The van der Waals surface area contributed by atoms with Gasteiger partial charge < -0.3 is 9.94 Å². The lowest BCUT2D eigenvalue weighted by Crippen LogP contribution is -2.25. The fraction of sp³-hybridized carbons (Fsp3) is 0.800. The second kappa shape index (κ2) is 7.35. The molecule has 0 heterocycles. The predicted molar refractivity (Wildman–Crippen MR) is 54.5 cm³/mol. The zero-order valence-corrected chi connectivity index (χ0v) is 9.12. The molecule has 0 aliphatic heterocycles. The molecule has 0 aliphatic rings. The Hall–Kier alpha value is -1.06. The first-order chi connectivity index (χ1) is 6.71. The quantitative estimate of drug-likeness (QED) is 0.310. The summed E-state index contributed by atoms with van der Waals surface area (Å²) < 4.78 is 4.89. The molecule has 0 spiro atoms. The fourth-order valence-electron chi connectivity index (χ4n) is 1.33. The highest BCUT2D eigenvalue weighted by Crippen LogP contribution is 2.12. The minimum Gasteiger partial charge on any atom is -0.465 e. The summed E-state index contributed by atoms with van der Waals surface area (Å²) in [6, 6.07) is 0. The smallest absolute Gasteiger partial charge is 0.314 e. The monoisotopic (exact) mass is 201 g/mol. The van der Waals surface area contributed by atoms with Crippen molar-refractivity contribution < 1.29 is 14.7 Å². The van der Waals surface area contributed by atoms with E-state index in [1.807, 2.05) is 13.8 Å². The number of carbonyl (C=O) groups is 1. The van der Waals surface area contributed by atoms with E-state index in [9.17, 15) is 4.79 Å². The first-order valence-electron chi connectivity index (χ1n) is 5.08. The van der Waals surface area contributed by atoms with Gasteiger partial charge in [0.2, 0.25) is 0 Å². The molecule has 0 saturated heterocycles. The van der Waals surface area contributed by atoms with E-state index in [4.69, 9.17) is 9.94 Å². The van der Waals surface area contributed by atoms with Crippen molar-refractivity contribution in [2.45, 2.75) is 40.0 Å². The van der Waals surface area contributed by atoms with E-state index >= 15 is 0 Å². The number of carbonyl (C=O) groups excluding carboxylic acids is 1. The molecule has 0 bridgehead atoms. The molecule has 0 aliphatic carbocycles. The number of hydrogen-bond donors (Lipinski definition) is 1. The van der Waals surface area contributed by atoms with Crippen LogP contribution in [0, 0.1) is 5.92 Å². The summed E-state index contributed by atoms with van der Waals surface area (Å²) in [5.74, 6) is -0.684. The van der Waals surface area contributed by atoms with Crippen LogP contribution in [0.15, 0.2) is 5.16 Å². The highest BCUT2D eigenvalue weighted by atomic mass is 16.5. The molecule has 0 fully saturated rings. The normalized spacial score (nSPS) is 13.8. The minimum atomic E-state index is -0.389. The Kier molecular flexibility index (Phi) is 6.80. The average molecular weight is 201 g/mol. The van der Waals surface area contributed by atoms with Crippen LogP contribution >= 0.6 is 0 Å². The third-order valence-electron chi connectivity index (χ3n) is 2.02. The lowest BCUT2D eigenvalue weighted by atomic mass is 9.97. The topological polar surface area (TPSA) is 58.9 Å². The summed E-state index contributed by atoms with van der Waals surface area (Å²) in [6.45, 7) is 5.98. The van der Waals surface area contributed by atoms with Crippen molar-refractivity contribution in [1.29, 1.82) is 0 Å². The maximum atomic E-state index is 11.4. The average Bonchev–Trinajstić information content (AvgIpc) is 2.18. The molecule has 0 rings (SSSR count). The standard InChI is InChI=1S/C10H19NO3/c1-4-7-9(11-13)8(5-2)10(12)14-6-3/h8,13H,4-7H2,1-3H3/b11-9-. The van der Waals surface area contributed by atoms with Gasteiger partial charge in [-0.05, 0) is 19.8 Å². The highest BCUT2D eigenvalue weighted by Gasteiger charge is 2.23. The van der Waals surface area contributed by atoms with Crippen LogP contribution in [-0.4, -0.2) is 23.5 Å². The lowest BCUT2D eigenvalue weighted by Gasteiger charge is -2.14. The molecule has 0 saturated carbocycles. The van der Waals surface area contributed by atoms with Crippen LogP contribution in [0.5, 0.6) is 0 Å². The van der Waals surface area contributed by atoms with Crippen molar-refractivity contribution in [2.24, 2.45) is 11.1 Å². The predicted octanol–water partition coefficient (Wildman–Crippen LogP) is 2.21. The molecule has 0 radical (unpaired) electrons. The van der Waals surface area contributed by atoms with E-state index in [-0.39, 0.29) is 11.9 Å². The molecule has 1 N–H and O–H groups in total. The molecule has 0 aromatic carbocycles. The summed E-state index contributed by atoms with van der Waals surface area (Å²) in [4.78, 5) is 11.4. The molecule has 0 aromatic heterocycles. The van der Waals surface area contributed by atoms with Crippen LogP contribution in [0.2, 0.25) is 0 Å². The first-order valence-corrected chi connectivity index (χ1v) is 5.08. The second-order valence-corrected chi connectivity index (χ2v) is 3.05. The van der Waals surface area contributed by atoms with Gasteiger partial charge in [-0.1, -0.05) is 25.4 Å². The number of nitrogens with zero attached hydrogens (tertiary/aromatic N) is 1. The maximum Gasteiger partial charge on any atom is 0.314 e. The summed E-state index contributed by atoms with van der Waals surface area (Å²) in [6.07, 6.45) is 2.10. The Morgan fingerprint density at radius 2 is 2.07 bits per heavy atom. The Balaban J connectivity index is 4.43. The van der Waals surface area contributed by atoms with Crippen molar-refractivity contribution in [3.8, 4) is 0 Å². The molecule has 1 atom stereocenters. The highest BCUT2D eigenvalue weighted by molar-refractivity contribution is 6.01. The Bertz CT molecular complexity index is 202. The molecular weight excluding hydrogens is 182 g/mol. The van der Waals surface area contributed by atoms with E-state index in [1.54, 1.807) is 6.92 Å². The SMILES string of the molecule is CCC/C(=N/O)C(CC)C(=O)OCC. The number of esters is 1. The van der Waals surface area contributed by atoms with Gasteiger partial charge in [0, 0.05) is 0 Å². The van der Waals surface area contributed by atoms with Crippen molar-refractivity contribution >= 4 is 11.7 Å². The third-order valence-corrected chi connectivity index (χ3v) is 2.02. The van der Waals surface area contributed by atoms with E-state index in [2.05, 4.69) is 5.16 Å². The third kappa shape index (κ3) is 3.77. The van der Waals surface area contributed by atoms with E-state index in [0.717, 1.165) is 6.42 Å². The Labute approximate surface area is 84.9 Å². The largest absolute Gasteiger partial charge is 0.465 e. The van der Waals surface area contributed by atoms with Gasteiger partial charge in [0.15, 0.2) is 0 Å². The van der Waals surface area contributed by atoms with Crippen LogP contribution in [0.1, 0.15) is 40.0 Å². The van der Waals surface area contributed by atoms with Crippen molar-refractivity contribution in [3.63, 3.8) is 0 Å². The van der Waals surface area contributed by atoms with Gasteiger partial charge in [0.05, 0.1) is 18.2 Å². The molecular formula is C10H19NO3. The van der Waals surface area contributed by atoms with Crippen molar-refractivity contribution in [2.75, 3.05) is 6.61 Å². The Morgan fingerprint density at radius 1 is 1.43 bits per heavy atom. The van der Waals surface area contributed by atoms with Gasteiger partial charge in [0.1, 0.15) is 0 Å². The molecule has 0 amide bonds. The molecule has 4 nitrogen and oxygen atoms in total. The number of ether oxygens (including phenoxy) is 1. The lowest BCUT2D eigenvalue weighted by molar-refractivity contribution is -0.145. The Morgan fingerprint density at radius 3 is 2.43 bits per heavy atom. The summed E-state index contributed by atoms with van der Waals surface area (Å²) >= 11 is 0. The van der Waals surface area contributed by atoms with Crippen LogP contribution < -0.4 is 0 Å². The van der Waals surface area contributed by atoms with Gasteiger partial charge in [-0.3, -0.25) is 4.79 Å². The summed E-state index contributed by atoms with van der Waals surface area (Å²) in [5, 5.41) is 11.9. The summed E-state index contributed by atoms with van der Waals surface area (Å²) in [5.41, 5.74) is 0.522. The zero-order chi connectivity index (χ0) is 11.0. The maximum absolute atomic E-state index is 11.4. The van der Waals surface area contributed by atoms with E-state index in [0.29, 0.717) is 25.2 Å². The molecule has 0 aromatic rings. The number of rotatable bonds is 6. The second-order valence-electron chi connectivity index (χ2n) is 3.05. The van der Waals surface area contributed by atoms with Gasteiger partial charge in [-0.2, -0.15) is 0 Å².